The van der Waals surface area contributed by atoms with Crippen LogP contribution in [0.1, 0.15) is 24.4 Å². The SMILES string of the molecule is OC[C@H](O)Cn1cc(-c2ccc(N3CCC(C4c5c(F)cccc5-c5cncn54)CC3)cc2)cn1. The van der Waals surface area contributed by atoms with Crippen molar-refractivity contribution in [2.45, 2.75) is 31.5 Å². The molecule has 180 valence electrons. The molecule has 2 N–H and O–H groups in total. The number of aromatic nitrogens is 4. The van der Waals surface area contributed by atoms with Crippen molar-refractivity contribution in [3.05, 3.63) is 78.8 Å². The number of rotatable bonds is 6. The first-order valence-electron chi connectivity index (χ1n) is 12.1. The number of aliphatic hydroxyl groups is 2. The topological polar surface area (TPSA) is 79.3 Å². The number of nitrogens with zero attached hydrogens (tertiary/aromatic N) is 5. The Kier molecular flexibility index (Phi) is 5.62. The molecule has 35 heavy (non-hydrogen) atoms. The molecule has 2 aromatic heterocycles. The number of hydrogen-bond donors (Lipinski definition) is 2. The van der Waals surface area contributed by atoms with Crippen LogP contribution in [0.25, 0.3) is 22.4 Å². The molecule has 1 unspecified atom stereocenters. The van der Waals surface area contributed by atoms with Crippen LogP contribution in [-0.2, 0) is 6.54 Å². The van der Waals surface area contributed by atoms with E-state index in [1.54, 1.807) is 23.0 Å². The van der Waals surface area contributed by atoms with Crippen molar-refractivity contribution in [1.82, 2.24) is 19.3 Å². The first-order chi connectivity index (χ1) is 17.1. The lowest BCUT2D eigenvalue weighted by molar-refractivity contribution is 0.0783. The summed E-state index contributed by atoms with van der Waals surface area (Å²) in [6, 6.07) is 13.8. The van der Waals surface area contributed by atoms with Gasteiger partial charge in [0.15, 0.2) is 0 Å². The number of hydrogen-bond acceptors (Lipinski definition) is 5. The van der Waals surface area contributed by atoms with Crippen molar-refractivity contribution in [3.63, 3.8) is 0 Å². The summed E-state index contributed by atoms with van der Waals surface area (Å²) in [5.74, 6) is 0.236. The molecule has 2 atom stereocenters. The van der Waals surface area contributed by atoms with Crippen molar-refractivity contribution < 1.29 is 14.6 Å². The van der Waals surface area contributed by atoms with Gasteiger partial charge in [-0.05, 0) is 42.5 Å². The first kappa shape index (κ1) is 22.0. The fraction of sp³-hybridized carbons (Fsp3) is 0.333. The van der Waals surface area contributed by atoms with Crippen molar-refractivity contribution in [3.8, 4) is 22.4 Å². The summed E-state index contributed by atoms with van der Waals surface area (Å²) in [5.41, 5.74) is 6.00. The van der Waals surface area contributed by atoms with E-state index in [4.69, 9.17) is 5.11 Å². The van der Waals surface area contributed by atoms with Gasteiger partial charge in [0.1, 0.15) is 5.82 Å². The fourth-order valence-corrected chi connectivity index (χ4v) is 5.62. The highest BCUT2D eigenvalue weighted by Gasteiger charge is 2.37. The normalized spacial score (nSPS) is 18.5. The number of benzene rings is 2. The van der Waals surface area contributed by atoms with E-state index in [0.717, 1.165) is 53.9 Å². The molecule has 4 aromatic rings. The largest absolute Gasteiger partial charge is 0.394 e. The molecular weight excluding hydrogens is 445 g/mol. The molecule has 0 spiro atoms. The minimum atomic E-state index is -0.817. The van der Waals surface area contributed by atoms with Gasteiger partial charge in [-0.1, -0.05) is 24.3 Å². The maximum absolute atomic E-state index is 14.9. The molecule has 4 heterocycles. The molecule has 6 rings (SSSR count). The summed E-state index contributed by atoms with van der Waals surface area (Å²) in [6.45, 7) is 1.82. The number of piperidine rings is 1. The van der Waals surface area contributed by atoms with Gasteiger partial charge in [0.05, 0.1) is 49.7 Å². The monoisotopic (exact) mass is 473 g/mol. The Labute approximate surface area is 203 Å². The zero-order valence-corrected chi connectivity index (χ0v) is 19.3. The average molecular weight is 474 g/mol. The van der Waals surface area contributed by atoms with Crippen LogP contribution in [0.2, 0.25) is 0 Å². The molecule has 2 aliphatic rings. The first-order valence-corrected chi connectivity index (χ1v) is 12.1. The Hall–Kier alpha value is -3.49. The number of halogens is 1. The summed E-state index contributed by atoms with van der Waals surface area (Å²) < 4.78 is 18.7. The van der Waals surface area contributed by atoms with Gasteiger partial charge in [0.25, 0.3) is 0 Å². The molecule has 2 aromatic carbocycles. The Bertz CT molecular complexity index is 1320. The van der Waals surface area contributed by atoms with E-state index in [1.807, 2.05) is 24.8 Å². The van der Waals surface area contributed by atoms with Crippen LogP contribution in [0.3, 0.4) is 0 Å². The van der Waals surface area contributed by atoms with Crippen LogP contribution in [0.4, 0.5) is 10.1 Å². The third-order valence-corrected chi connectivity index (χ3v) is 7.38. The van der Waals surface area contributed by atoms with Gasteiger partial charge in [-0.3, -0.25) is 4.68 Å². The van der Waals surface area contributed by atoms with E-state index in [1.165, 1.54) is 5.69 Å². The van der Waals surface area contributed by atoms with Crippen LogP contribution in [0, 0.1) is 11.7 Å². The lowest BCUT2D eigenvalue weighted by atomic mass is 9.85. The number of imidazole rings is 1. The van der Waals surface area contributed by atoms with Gasteiger partial charge in [-0.2, -0.15) is 5.10 Å². The molecule has 0 saturated carbocycles. The van der Waals surface area contributed by atoms with Crippen molar-refractivity contribution in [1.29, 1.82) is 0 Å². The smallest absolute Gasteiger partial charge is 0.129 e. The standard InChI is InChI=1S/C27H28FN5O2/c28-24-3-1-2-23-25-13-29-17-33(25)27(26(23)24)19-8-10-31(11-9-19)21-6-4-18(5-7-21)20-12-30-32(14-20)15-22(35)16-34/h1-7,12-14,17,19,22,27,34-35H,8-11,15-16H2/t22-,27?/m1/s1. The number of aliphatic hydroxyl groups excluding tert-OH is 2. The summed E-state index contributed by atoms with van der Waals surface area (Å²) in [7, 11) is 0. The summed E-state index contributed by atoms with van der Waals surface area (Å²) in [6.07, 6.45) is 8.48. The summed E-state index contributed by atoms with van der Waals surface area (Å²) in [4.78, 5) is 6.73. The molecule has 7 nitrogen and oxygen atoms in total. The Balaban J connectivity index is 1.14. The lowest BCUT2D eigenvalue weighted by Gasteiger charge is -2.37. The summed E-state index contributed by atoms with van der Waals surface area (Å²) in [5, 5.41) is 22.9. The Morgan fingerprint density at radius 2 is 1.83 bits per heavy atom. The molecular formula is C27H28FN5O2. The Morgan fingerprint density at radius 3 is 2.60 bits per heavy atom. The maximum atomic E-state index is 14.9. The molecule has 2 aliphatic heterocycles. The molecule has 0 radical (unpaired) electrons. The highest BCUT2D eigenvalue weighted by molar-refractivity contribution is 5.69. The van der Waals surface area contributed by atoms with Crippen LogP contribution in [0.5, 0.6) is 0 Å². The molecule has 8 heteroatoms. The zero-order valence-electron chi connectivity index (χ0n) is 19.3. The Morgan fingerprint density at radius 1 is 1.03 bits per heavy atom. The maximum Gasteiger partial charge on any atom is 0.129 e. The van der Waals surface area contributed by atoms with E-state index in [2.05, 4.69) is 43.8 Å². The van der Waals surface area contributed by atoms with Gasteiger partial charge in [0.2, 0.25) is 0 Å². The van der Waals surface area contributed by atoms with Gasteiger partial charge in [0, 0.05) is 41.7 Å². The number of anilines is 1. The van der Waals surface area contributed by atoms with E-state index < -0.39 is 6.10 Å². The molecule has 0 amide bonds. The van der Waals surface area contributed by atoms with Gasteiger partial charge >= 0.3 is 0 Å². The van der Waals surface area contributed by atoms with E-state index in [9.17, 15) is 9.50 Å². The van der Waals surface area contributed by atoms with E-state index in [0.29, 0.717) is 5.92 Å². The summed E-state index contributed by atoms with van der Waals surface area (Å²) >= 11 is 0. The molecule has 0 bridgehead atoms. The quantitative estimate of drug-likeness (QED) is 0.446. The zero-order chi connectivity index (χ0) is 23.9. The van der Waals surface area contributed by atoms with Crippen LogP contribution in [0.15, 0.2) is 67.4 Å². The third-order valence-electron chi connectivity index (χ3n) is 7.38. The van der Waals surface area contributed by atoms with Gasteiger partial charge < -0.3 is 19.7 Å². The second-order valence-corrected chi connectivity index (χ2v) is 9.49. The predicted octanol–water partition coefficient (Wildman–Crippen LogP) is 3.73. The van der Waals surface area contributed by atoms with E-state index >= 15 is 0 Å². The van der Waals surface area contributed by atoms with Gasteiger partial charge in [-0.25, -0.2) is 9.37 Å². The molecule has 1 saturated heterocycles. The van der Waals surface area contributed by atoms with Crippen molar-refractivity contribution >= 4 is 5.69 Å². The average Bonchev–Trinajstić information content (AvgIpc) is 3.61. The second kappa shape index (κ2) is 8.94. The molecule has 1 fully saturated rings. The third kappa shape index (κ3) is 3.92. The van der Waals surface area contributed by atoms with E-state index in [-0.39, 0.29) is 25.0 Å². The lowest BCUT2D eigenvalue weighted by Crippen LogP contribution is -2.36. The second-order valence-electron chi connectivity index (χ2n) is 9.49. The molecule has 0 aliphatic carbocycles. The van der Waals surface area contributed by atoms with Crippen molar-refractivity contribution in [2.24, 2.45) is 5.92 Å². The minimum Gasteiger partial charge on any atom is -0.394 e. The minimum absolute atomic E-state index is 0.00844. The van der Waals surface area contributed by atoms with Crippen LogP contribution in [-0.4, -0.2) is 55.3 Å². The fourth-order valence-electron chi connectivity index (χ4n) is 5.62. The predicted molar refractivity (Wildman–Crippen MR) is 131 cm³/mol. The van der Waals surface area contributed by atoms with Crippen LogP contribution < -0.4 is 4.90 Å². The highest BCUT2D eigenvalue weighted by Crippen LogP contribution is 2.47. The van der Waals surface area contributed by atoms with Crippen molar-refractivity contribution in [2.75, 3.05) is 24.6 Å². The highest BCUT2D eigenvalue weighted by atomic mass is 19.1. The van der Waals surface area contributed by atoms with Crippen LogP contribution >= 0.6 is 0 Å². The number of fused-ring (bicyclic) bond motifs is 3. The van der Waals surface area contributed by atoms with Gasteiger partial charge in [-0.15, -0.1) is 0 Å².